The Kier molecular flexibility index (Phi) is 4.54. The molecule has 2 rings (SSSR count). The first-order valence-corrected chi connectivity index (χ1v) is 6.21. The first kappa shape index (κ1) is 12.8. The molecule has 18 heavy (non-hydrogen) atoms. The second-order valence-electron chi connectivity index (χ2n) is 4.31. The maximum Gasteiger partial charge on any atom is 0.320 e. The number of rotatable bonds is 4. The van der Waals surface area contributed by atoms with Crippen molar-refractivity contribution in [2.75, 3.05) is 44.6 Å². The molecule has 2 heterocycles. The van der Waals surface area contributed by atoms with Gasteiger partial charge >= 0.3 is 6.03 Å². The van der Waals surface area contributed by atoms with E-state index in [-0.39, 0.29) is 6.03 Å². The topological polar surface area (TPSA) is 74.2 Å². The summed E-state index contributed by atoms with van der Waals surface area (Å²) >= 11 is 0. The van der Waals surface area contributed by atoms with Crippen molar-refractivity contribution in [2.45, 2.75) is 0 Å². The number of anilines is 1. The lowest BCUT2D eigenvalue weighted by atomic mass is 10.3. The first-order chi connectivity index (χ1) is 8.75. The number of urea groups is 1. The number of carbonyl (C=O) groups excluding carboxylic acids is 1. The van der Waals surface area contributed by atoms with Gasteiger partial charge in [-0.2, -0.15) is 5.10 Å². The van der Waals surface area contributed by atoms with Crippen LogP contribution in [-0.4, -0.2) is 60.0 Å². The lowest BCUT2D eigenvalue weighted by molar-refractivity contribution is 0.233. The van der Waals surface area contributed by atoms with Gasteiger partial charge in [0.2, 0.25) is 0 Å². The van der Waals surface area contributed by atoms with Gasteiger partial charge < -0.3 is 10.6 Å². The molecule has 0 radical (unpaired) electrons. The number of hydrogen-bond donors (Lipinski definition) is 3. The summed E-state index contributed by atoms with van der Waals surface area (Å²) in [6, 6.07) is 1.57. The Morgan fingerprint density at radius 1 is 1.50 bits per heavy atom. The molecule has 100 valence electrons. The lowest BCUT2D eigenvalue weighted by Gasteiger charge is -2.27. The molecule has 1 aromatic rings. The van der Waals surface area contributed by atoms with E-state index in [0.717, 1.165) is 32.7 Å². The summed E-state index contributed by atoms with van der Waals surface area (Å²) in [6.45, 7) is 5.70. The quantitative estimate of drug-likeness (QED) is 0.672. The van der Waals surface area contributed by atoms with E-state index < -0.39 is 0 Å². The van der Waals surface area contributed by atoms with E-state index in [1.165, 1.54) is 0 Å². The molecule has 1 aliphatic rings. The van der Waals surface area contributed by atoms with Gasteiger partial charge in [0.15, 0.2) is 0 Å². The maximum absolute atomic E-state index is 11.6. The smallest absolute Gasteiger partial charge is 0.320 e. The Morgan fingerprint density at radius 3 is 2.94 bits per heavy atom. The van der Waals surface area contributed by atoms with Crippen LogP contribution < -0.4 is 16.0 Å². The number of carbonyl (C=O) groups is 1. The number of aryl methyl sites for hydroxylation is 1. The molecule has 0 spiro atoms. The van der Waals surface area contributed by atoms with Crippen LogP contribution in [0.4, 0.5) is 10.6 Å². The monoisotopic (exact) mass is 252 g/mol. The fraction of sp³-hybridized carbons (Fsp3) is 0.636. The summed E-state index contributed by atoms with van der Waals surface area (Å²) in [5.74, 6) is 0.690. The van der Waals surface area contributed by atoms with Gasteiger partial charge in [0.1, 0.15) is 5.82 Å². The molecule has 0 saturated carbocycles. The molecular formula is C11H20N6O. The third-order valence-corrected chi connectivity index (χ3v) is 2.99. The maximum atomic E-state index is 11.6. The standard InChI is InChI=1S/C11H20N6O/c1-16-10(2-3-14-16)15-11(18)13-6-9-17-7-4-12-5-8-17/h2-3,12H,4-9H2,1H3,(H2,13,15,18). The Morgan fingerprint density at radius 2 is 2.28 bits per heavy atom. The molecule has 1 aliphatic heterocycles. The van der Waals surface area contributed by atoms with E-state index in [0.29, 0.717) is 12.4 Å². The molecule has 0 unspecified atom stereocenters. The minimum absolute atomic E-state index is 0.186. The molecule has 0 aliphatic carbocycles. The fourth-order valence-corrected chi connectivity index (χ4v) is 1.92. The van der Waals surface area contributed by atoms with Crippen LogP contribution in [0.3, 0.4) is 0 Å². The van der Waals surface area contributed by atoms with Gasteiger partial charge in [-0.05, 0) is 0 Å². The van der Waals surface area contributed by atoms with Crippen molar-refractivity contribution in [3.8, 4) is 0 Å². The van der Waals surface area contributed by atoms with Crippen molar-refractivity contribution in [1.29, 1.82) is 0 Å². The largest absolute Gasteiger partial charge is 0.337 e. The van der Waals surface area contributed by atoms with Gasteiger partial charge in [0.25, 0.3) is 0 Å². The zero-order valence-corrected chi connectivity index (χ0v) is 10.6. The molecule has 1 fully saturated rings. The van der Waals surface area contributed by atoms with Crippen LogP contribution >= 0.6 is 0 Å². The highest BCUT2D eigenvalue weighted by atomic mass is 16.2. The first-order valence-electron chi connectivity index (χ1n) is 6.21. The van der Waals surface area contributed by atoms with E-state index in [1.54, 1.807) is 24.0 Å². The van der Waals surface area contributed by atoms with Crippen LogP contribution in [-0.2, 0) is 7.05 Å². The molecule has 0 atom stereocenters. The van der Waals surface area contributed by atoms with E-state index in [9.17, 15) is 4.79 Å². The van der Waals surface area contributed by atoms with Gasteiger partial charge in [0, 0.05) is 52.4 Å². The summed E-state index contributed by atoms with van der Waals surface area (Å²) in [5, 5.41) is 12.9. The molecule has 0 aromatic carbocycles. The molecule has 0 bridgehead atoms. The SMILES string of the molecule is Cn1nccc1NC(=O)NCCN1CCNCC1. The third kappa shape index (κ3) is 3.71. The Bertz CT molecular complexity index is 385. The summed E-state index contributed by atoms with van der Waals surface area (Å²) < 4.78 is 1.62. The van der Waals surface area contributed by atoms with Gasteiger partial charge in [-0.25, -0.2) is 4.79 Å². The van der Waals surface area contributed by atoms with Gasteiger partial charge in [-0.1, -0.05) is 0 Å². The molecule has 7 heteroatoms. The van der Waals surface area contributed by atoms with E-state index >= 15 is 0 Å². The van der Waals surface area contributed by atoms with Crippen molar-refractivity contribution in [3.05, 3.63) is 12.3 Å². The number of nitrogens with zero attached hydrogens (tertiary/aromatic N) is 3. The molecule has 1 saturated heterocycles. The predicted octanol–water partition coefficient (Wildman–Crippen LogP) is -0.553. The average molecular weight is 252 g/mol. The fourth-order valence-electron chi connectivity index (χ4n) is 1.92. The van der Waals surface area contributed by atoms with Crippen molar-refractivity contribution in [3.63, 3.8) is 0 Å². The van der Waals surface area contributed by atoms with Crippen molar-refractivity contribution >= 4 is 11.8 Å². The third-order valence-electron chi connectivity index (χ3n) is 2.99. The normalized spacial score (nSPS) is 16.5. The highest BCUT2D eigenvalue weighted by Gasteiger charge is 2.09. The van der Waals surface area contributed by atoms with Crippen molar-refractivity contribution < 1.29 is 4.79 Å². The Hall–Kier alpha value is -1.60. The minimum atomic E-state index is -0.186. The van der Waals surface area contributed by atoms with Crippen LogP contribution in [0.25, 0.3) is 0 Å². The second kappa shape index (κ2) is 6.36. The number of amides is 2. The molecule has 2 amide bonds. The van der Waals surface area contributed by atoms with Crippen LogP contribution in [0.5, 0.6) is 0 Å². The molecular weight excluding hydrogens is 232 g/mol. The van der Waals surface area contributed by atoms with Crippen molar-refractivity contribution in [1.82, 2.24) is 25.3 Å². The van der Waals surface area contributed by atoms with Crippen LogP contribution in [0.15, 0.2) is 12.3 Å². The Balaban J connectivity index is 1.64. The van der Waals surface area contributed by atoms with Gasteiger partial charge in [0.05, 0.1) is 6.20 Å². The van der Waals surface area contributed by atoms with E-state index in [1.807, 2.05) is 0 Å². The number of hydrogen-bond acceptors (Lipinski definition) is 4. The summed E-state index contributed by atoms with van der Waals surface area (Å²) in [5.41, 5.74) is 0. The second-order valence-corrected chi connectivity index (χ2v) is 4.31. The van der Waals surface area contributed by atoms with E-state index in [2.05, 4.69) is 25.9 Å². The van der Waals surface area contributed by atoms with Crippen LogP contribution in [0.1, 0.15) is 0 Å². The van der Waals surface area contributed by atoms with Crippen LogP contribution in [0.2, 0.25) is 0 Å². The highest BCUT2D eigenvalue weighted by molar-refractivity contribution is 5.88. The summed E-state index contributed by atoms with van der Waals surface area (Å²) in [4.78, 5) is 13.9. The molecule has 1 aromatic heterocycles. The zero-order chi connectivity index (χ0) is 12.8. The predicted molar refractivity (Wildman–Crippen MR) is 69.5 cm³/mol. The van der Waals surface area contributed by atoms with E-state index in [4.69, 9.17) is 0 Å². The number of piperazine rings is 1. The number of aromatic nitrogens is 2. The number of nitrogens with one attached hydrogen (secondary N) is 3. The van der Waals surface area contributed by atoms with Crippen molar-refractivity contribution in [2.24, 2.45) is 7.05 Å². The average Bonchev–Trinajstić information content (AvgIpc) is 2.76. The highest BCUT2D eigenvalue weighted by Crippen LogP contribution is 2.02. The van der Waals surface area contributed by atoms with Crippen LogP contribution in [0, 0.1) is 0 Å². The van der Waals surface area contributed by atoms with Gasteiger partial charge in [-0.15, -0.1) is 0 Å². The lowest BCUT2D eigenvalue weighted by Crippen LogP contribution is -2.46. The zero-order valence-electron chi connectivity index (χ0n) is 10.6. The van der Waals surface area contributed by atoms with Gasteiger partial charge in [-0.3, -0.25) is 14.9 Å². The summed E-state index contributed by atoms with van der Waals surface area (Å²) in [7, 11) is 1.79. The summed E-state index contributed by atoms with van der Waals surface area (Å²) in [6.07, 6.45) is 1.65. The molecule has 7 nitrogen and oxygen atoms in total. The Labute approximate surface area is 107 Å². The minimum Gasteiger partial charge on any atom is -0.337 e. The molecule has 3 N–H and O–H groups in total.